The van der Waals surface area contributed by atoms with Crippen molar-refractivity contribution in [3.8, 4) is 11.8 Å². The SMILES string of the molecule is N#CCOc1cccc(/C=C2\SC(=O)N(Cc3ccccc3)C2=O)c1. The molecule has 0 unspecified atom stereocenters. The number of thioether (sulfide) groups is 1. The average Bonchev–Trinajstić information content (AvgIpc) is 2.89. The second-order valence-corrected chi connectivity index (χ2v) is 6.27. The lowest BCUT2D eigenvalue weighted by Gasteiger charge is -2.12. The first-order valence-corrected chi connectivity index (χ1v) is 8.38. The van der Waals surface area contributed by atoms with E-state index >= 15 is 0 Å². The Balaban J connectivity index is 1.77. The van der Waals surface area contributed by atoms with Gasteiger partial charge in [-0.3, -0.25) is 14.5 Å². The fourth-order valence-corrected chi connectivity index (χ4v) is 3.20. The average molecular weight is 350 g/mol. The summed E-state index contributed by atoms with van der Waals surface area (Å²) in [6.07, 6.45) is 1.66. The number of hydrogen-bond acceptors (Lipinski definition) is 5. The molecule has 0 bridgehead atoms. The highest BCUT2D eigenvalue weighted by Gasteiger charge is 2.34. The van der Waals surface area contributed by atoms with E-state index in [0.717, 1.165) is 22.9 Å². The number of benzene rings is 2. The molecular weight excluding hydrogens is 336 g/mol. The molecule has 1 heterocycles. The lowest BCUT2D eigenvalue weighted by Crippen LogP contribution is -2.27. The number of carbonyl (C=O) groups excluding carboxylic acids is 2. The van der Waals surface area contributed by atoms with Crippen LogP contribution in [0.4, 0.5) is 4.79 Å². The Morgan fingerprint density at radius 2 is 1.92 bits per heavy atom. The van der Waals surface area contributed by atoms with Crippen LogP contribution in [0.15, 0.2) is 59.5 Å². The van der Waals surface area contributed by atoms with Gasteiger partial charge in [-0.15, -0.1) is 0 Å². The number of hydrogen-bond donors (Lipinski definition) is 0. The third kappa shape index (κ3) is 4.08. The van der Waals surface area contributed by atoms with E-state index in [1.54, 1.807) is 24.3 Å². The minimum absolute atomic E-state index is 0.0446. The lowest BCUT2D eigenvalue weighted by molar-refractivity contribution is -0.123. The van der Waals surface area contributed by atoms with Crippen LogP contribution in [0.1, 0.15) is 11.1 Å². The molecule has 1 aliphatic heterocycles. The molecular formula is C19H14N2O3S. The van der Waals surface area contributed by atoms with Gasteiger partial charge < -0.3 is 4.74 Å². The summed E-state index contributed by atoms with van der Waals surface area (Å²) < 4.78 is 5.25. The molecule has 5 nitrogen and oxygen atoms in total. The van der Waals surface area contributed by atoms with Gasteiger partial charge in [-0.1, -0.05) is 42.5 Å². The van der Waals surface area contributed by atoms with Crippen molar-refractivity contribution in [2.45, 2.75) is 6.54 Å². The Kier molecular flexibility index (Phi) is 5.17. The Morgan fingerprint density at radius 3 is 2.68 bits per heavy atom. The molecule has 2 aromatic rings. The van der Waals surface area contributed by atoms with E-state index < -0.39 is 0 Å². The van der Waals surface area contributed by atoms with Crippen molar-refractivity contribution in [2.75, 3.05) is 6.61 Å². The molecule has 0 atom stereocenters. The highest BCUT2D eigenvalue weighted by Crippen LogP contribution is 2.33. The van der Waals surface area contributed by atoms with Crippen LogP contribution in [0.5, 0.6) is 5.75 Å². The van der Waals surface area contributed by atoms with Gasteiger partial charge in [0.15, 0.2) is 6.61 Å². The summed E-state index contributed by atoms with van der Waals surface area (Å²) in [6.45, 7) is 0.214. The quantitative estimate of drug-likeness (QED) is 0.767. The second-order valence-electron chi connectivity index (χ2n) is 5.27. The van der Waals surface area contributed by atoms with Gasteiger partial charge in [0.1, 0.15) is 11.8 Å². The lowest BCUT2D eigenvalue weighted by atomic mass is 10.2. The van der Waals surface area contributed by atoms with Gasteiger partial charge in [-0.25, -0.2) is 0 Å². The Labute approximate surface area is 149 Å². The van der Waals surface area contributed by atoms with Crippen LogP contribution in [0, 0.1) is 11.3 Å². The number of carbonyl (C=O) groups is 2. The van der Waals surface area contributed by atoms with Gasteiger partial charge in [0.05, 0.1) is 11.4 Å². The van der Waals surface area contributed by atoms with Crippen molar-refractivity contribution >= 4 is 29.0 Å². The molecule has 0 radical (unpaired) electrons. The molecule has 0 aliphatic carbocycles. The van der Waals surface area contributed by atoms with E-state index in [4.69, 9.17) is 10.00 Å². The van der Waals surface area contributed by atoms with E-state index in [1.807, 2.05) is 42.5 Å². The van der Waals surface area contributed by atoms with E-state index in [1.165, 1.54) is 4.90 Å². The van der Waals surface area contributed by atoms with Gasteiger partial charge in [-0.2, -0.15) is 5.26 Å². The molecule has 0 aromatic heterocycles. The molecule has 0 saturated carbocycles. The molecule has 25 heavy (non-hydrogen) atoms. The summed E-state index contributed by atoms with van der Waals surface area (Å²) in [4.78, 5) is 26.3. The van der Waals surface area contributed by atoms with Crippen LogP contribution >= 0.6 is 11.8 Å². The zero-order chi connectivity index (χ0) is 17.6. The van der Waals surface area contributed by atoms with Gasteiger partial charge in [0, 0.05) is 0 Å². The third-order valence-electron chi connectivity index (χ3n) is 3.52. The van der Waals surface area contributed by atoms with Crippen LogP contribution < -0.4 is 4.74 Å². The summed E-state index contributed by atoms with van der Waals surface area (Å²) in [5, 5.41) is 8.28. The number of amides is 2. The van der Waals surface area contributed by atoms with Gasteiger partial charge >= 0.3 is 0 Å². The van der Waals surface area contributed by atoms with Crippen LogP contribution in [0.2, 0.25) is 0 Å². The fourth-order valence-electron chi connectivity index (χ4n) is 2.36. The first kappa shape index (κ1) is 16.8. The molecule has 2 aromatic carbocycles. The Hall–Kier alpha value is -3.04. The smallest absolute Gasteiger partial charge is 0.293 e. The maximum atomic E-state index is 12.5. The number of ether oxygens (including phenoxy) is 1. The van der Waals surface area contributed by atoms with E-state index in [2.05, 4.69) is 0 Å². The normalized spacial score (nSPS) is 15.5. The van der Waals surface area contributed by atoms with E-state index in [0.29, 0.717) is 10.7 Å². The molecule has 3 rings (SSSR count). The van der Waals surface area contributed by atoms with E-state index in [-0.39, 0.29) is 24.3 Å². The maximum Gasteiger partial charge on any atom is 0.293 e. The summed E-state index contributed by atoms with van der Waals surface area (Å²) >= 11 is 0.925. The van der Waals surface area contributed by atoms with Crippen LogP contribution in [-0.4, -0.2) is 22.7 Å². The highest BCUT2D eigenvalue weighted by molar-refractivity contribution is 8.18. The van der Waals surface area contributed by atoms with Crippen molar-refractivity contribution in [2.24, 2.45) is 0 Å². The maximum absolute atomic E-state index is 12.5. The van der Waals surface area contributed by atoms with Gasteiger partial charge in [0.25, 0.3) is 11.1 Å². The monoisotopic (exact) mass is 350 g/mol. The molecule has 2 amide bonds. The summed E-state index contributed by atoms with van der Waals surface area (Å²) in [5.41, 5.74) is 1.64. The minimum Gasteiger partial charge on any atom is -0.479 e. The molecule has 1 aliphatic rings. The standard InChI is InChI=1S/C19H14N2O3S/c20-9-10-24-16-8-4-7-15(11-16)12-17-18(22)21(19(23)25-17)13-14-5-2-1-3-6-14/h1-8,11-12H,10,13H2/b17-12-. The highest BCUT2D eigenvalue weighted by atomic mass is 32.2. The van der Waals surface area contributed by atoms with Crippen molar-refractivity contribution < 1.29 is 14.3 Å². The largest absolute Gasteiger partial charge is 0.479 e. The van der Waals surface area contributed by atoms with Crippen LogP contribution in [0.3, 0.4) is 0 Å². The predicted octanol–water partition coefficient (Wildman–Crippen LogP) is 3.83. The molecule has 124 valence electrons. The molecule has 6 heteroatoms. The molecule has 0 spiro atoms. The third-order valence-corrected chi connectivity index (χ3v) is 4.42. The number of imide groups is 1. The van der Waals surface area contributed by atoms with Gasteiger partial charge in [0.2, 0.25) is 0 Å². The van der Waals surface area contributed by atoms with Crippen molar-refractivity contribution in [3.63, 3.8) is 0 Å². The Bertz CT molecular complexity index is 872. The number of rotatable bonds is 5. The molecule has 1 fully saturated rings. The fraction of sp³-hybridized carbons (Fsp3) is 0.105. The van der Waals surface area contributed by atoms with Gasteiger partial charge in [-0.05, 0) is 41.1 Å². The van der Waals surface area contributed by atoms with Crippen LogP contribution in [-0.2, 0) is 11.3 Å². The van der Waals surface area contributed by atoms with Crippen molar-refractivity contribution in [1.82, 2.24) is 4.90 Å². The second kappa shape index (κ2) is 7.69. The van der Waals surface area contributed by atoms with E-state index in [9.17, 15) is 9.59 Å². The molecule has 0 N–H and O–H groups in total. The molecule has 1 saturated heterocycles. The zero-order valence-corrected chi connectivity index (χ0v) is 14.0. The Morgan fingerprint density at radius 1 is 1.12 bits per heavy atom. The van der Waals surface area contributed by atoms with Crippen LogP contribution in [0.25, 0.3) is 6.08 Å². The summed E-state index contributed by atoms with van der Waals surface area (Å²) in [7, 11) is 0. The zero-order valence-electron chi connectivity index (χ0n) is 13.2. The summed E-state index contributed by atoms with van der Waals surface area (Å²) in [6, 6.07) is 18.3. The number of nitrogens with zero attached hydrogens (tertiary/aromatic N) is 2. The minimum atomic E-state index is -0.304. The summed E-state index contributed by atoms with van der Waals surface area (Å²) in [5.74, 6) is 0.237. The topological polar surface area (TPSA) is 70.4 Å². The van der Waals surface area contributed by atoms with Crippen molar-refractivity contribution in [3.05, 3.63) is 70.6 Å². The first-order chi connectivity index (χ1) is 12.2. The van der Waals surface area contributed by atoms with Crippen molar-refractivity contribution in [1.29, 1.82) is 5.26 Å². The first-order valence-electron chi connectivity index (χ1n) is 7.56. The number of nitriles is 1. The predicted molar refractivity (Wildman–Crippen MR) is 95.5 cm³/mol.